The van der Waals surface area contributed by atoms with Crippen LogP contribution in [0, 0.1) is 13.8 Å². The molecule has 0 saturated carbocycles. The first-order valence-electron chi connectivity index (χ1n) is 6.77. The van der Waals surface area contributed by atoms with Crippen LogP contribution in [0.4, 0.5) is 5.69 Å². The smallest absolute Gasteiger partial charge is 0.251 e. The van der Waals surface area contributed by atoms with Crippen molar-refractivity contribution in [3.8, 4) is 0 Å². The van der Waals surface area contributed by atoms with Crippen molar-refractivity contribution < 1.29 is 9.21 Å². The van der Waals surface area contributed by atoms with Gasteiger partial charge in [0, 0.05) is 17.8 Å². The van der Waals surface area contributed by atoms with Crippen molar-refractivity contribution in [3.05, 3.63) is 53.0 Å². The van der Waals surface area contributed by atoms with E-state index in [0.29, 0.717) is 18.7 Å². The monoisotopic (exact) mass is 272 g/mol. The minimum absolute atomic E-state index is 0.0379. The molecule has 0 aliphatic heterocycles. The fourth-order valence-electron chi connectivity index (χ4n) is 2.03. The number of hydrogen-bond acceptors (Lipinski definition) is 3. The molecule has 0 spiro atoms. The van der Waals surface area contributed by atoms with Crippen LogP contribution in [-0.4, -0.2) is 12.5 Å². The Morgan fingerprint density at radius 3 is 2.60 bits per heavy atom. The number of carbonyl (C=O) groups is 1. The van der Waals surface area contributed by atoms with Gasteiger partial charge in [-0.05, 0) is 56.2 Å². The average Bonchev–Trinajstić information content (AvgIpc) is 2.83. The maximum atomic E-state index is 11.8. The lowest BCUT2D eigenvalue weighted by Crippen LogP contribution is -2.22. The minimum Gasteiger partial charge on any atom is -0.467 e. The van der Waals surface area contributed by atoms with Gasteiger partial charge in [-0.2, -0.15) is 0 Å². The van der Waals surface area contributed by atoms with E-state index in [0.717, 1.165) is 22.6 Å². The SMILES string of the molecule is CCNC(=O)c1ccc(NCc2occc2C)c(C)c1. The zero-order valence-corrected chi connectivity index (χ0v) is 12.1. The lowest BCUT2D eigenvalue weighted by Gasteiger charge is -2.10. The standard InChI is InChI=1S/C16H20N2O2/c1-4-17-16(19)13-5-6-14(12(3)9-13)18-10-15-11(2)7-8-20-15/h5-9,18H,4,10H2,1-3H3,(H,17,19). The molecule has 2 rings (SSSR count). The first-order valence-corrected chi connectivity index (χ1v) is 6.77. The van der Waals surface area contributed by atoms with Gasteiger partial charge in [0.05, 0.1) is 12.8 Å². The van der Waals surface area contributed by atoms with Crippen molar-refractivity contribution in [2.75, 3.05) is 11.9 Å². The second-order valence-electron chi connectivity index (χ2n) is 4.77. The maximum absolute atomic E-state index is 11.8. The molecule has 0 aliphatic rings. The molecular weight excluding hydrogens is 252 g/mol. The summed E-state index contributed by atoms with van der Waals surface area (Å²) < 4.78 is 5.39. The molecule has 0 radical (unpaired) electrons. The molecule has 20 heavy (non-hydrogen) atoms. The average molecular weight is 272 g/mol. The normalized spacial score (nSPS) is 10.3. The summed E-state index contributed by atoms with van der Waals surface area (Å²) in [4.78, 5) is 11.8. The van der Waals surface area contributed by atoms with Crippen LogP contribution in [0.2, 0.25) is 0 Å². The first kappa shape index (κ1) is 14.2. The highest BCUT2D eigenvalue weighted by atomic mass is 16.3. The molecule has 2 aromatic rings. The van der Waals surface area contributed by atoms with Crippen LogP contribution >= 0.6 is 0 Å². The van der Waals surface area contributed by atoms with Gasteiger partial charge in [0.2, 0.25) is 0 Å². The summed E-state index contributed by atoms with van der Waals surface area (Å²) in [5.74, 6) is 0.890. The summed E-state index contributed by atoms with van der Waals surface area (Å²) >= 11 is 0. The molecule has 1 aromatic heterocycles. The number of carbonyl (C=O) groups excluding carboxylic acids is 1. The number of rotatable bonds is 5. The summed E-state index contributed by atoms with van der Waals surface area (Å²) in [6.07, 6.45) is 1.69. The van der Waals surface area contributed by atoms with E-state index in [-0.39, 0.29) is 5.91 Å². The largest absolute Gasteiger partial charge is 0.467 e. The van der Waals surface area contributed by atoms with Gasteiger partial charge >= 0.3 is 0 Å². The van der Waals surface area contributed by atoms with E-state index in [9.17, 15) is 4.79 Å². The number of nitrogens with one attached hydrogen (secondary N) is 2. The predicted molar refractivity (Wildman–Crippen MR) is 80.0 cm³/mol. The Labute approximate surface area is 119 Å². The molecule has 0 fully saturated rings. The number of furan rings is 1. The molecule has 0 unspecified atom stereocenters. The summed E-state index contributed by atoms with van der Waals surface area (Å²) in [5.41, 5.74) is 3.87. The van der Waals surface area contributed by atoms with Gasteiger partial charge in [-0.15, -0.1) is 0 Å². The number of aryl methyl sites for hydroxylation is 2. The third kappa shape index (κ3) is 3.20. The van der Waals surface area contributed by atoms with E-state index >= 15 is 0 Å². The van der Waals surface area contributed by atoms with Crippen LogP contribution in [0.1, 0.15) is 34.2 Å². The summed E-state index contributed by atoms with van der Waals surface area (Å²) in [6.45, 7) is 7.19. The van der Waals surface area contributed by atoms with Gasteiger partial charge < -0.3 is 15.1 Å². The topological polar surface area (TPSA) is 54.3 Å². The van der Waals surface area contributed by atoms with Crippen molar-refractivity contribution in [1.82, 2.24) is 5.32 Å². The maximum Gasteiger partial charge on any atom is 0.251 e. The van der Waals surface area contributed by atoms with E-state index in [1.165, 1.54) is 0 Å². The van der Waals surface area contributed by atoms with Crippen molar-refractivity contribution in [2.24, 2.45) is 0 Å². The zero-order valence-electron chi connectivity index (χ0n) is 12.1. The Morgan fingerprint density at radius 1 is 1.20 bits per heavy atom. The van der Waals surface area contributed by atoms with E-state index in [1.54, 1.807) is 6.26 Å². The second-order valence-corrected chi connectivity index (χ2v) is 4.77. The van der Waals surface area contributed by atoms with Gasteiger partial charge in [-0.25, -0.2) is 0 Å². The molecule has 0 atom stereocenters. The minimum atomic E-state index is -0.0379. The Bertz CT molecular complexity index is 602. The molecule has 2 N–H and O–H groups in total. The second kappa shape index (κ2) is 6.28. The number of anilines is 1. The summed E-state index contributed by atoms with van der Waals surface area (Å²) in [6, 6.07) is 7.60. The van der Waals surface area contributed by atoms with Crippen molar-refractivity contribution in [1.29, 1.82) is 0 Å². The molecular formula is C16H20N2O2. The van der Waals surface area contributed by atoms with Crippen molar-refractivity contribution in [2.45, 2.75) is 27.3 Å². The molecule has 1 amide bonds. The van der Waals surface area contributed by atoms with Crippen LogP contribution in [0.15, 0.2) is 34.9 Å². The third-order valence-corrected chi connectivity index (χ3v) is 3.23. The van der Waals surface area contributed by atoms with Crippen LogP contribution < -0.4 is 10.6 Å². The molecule has 0 aliphatic carbocycles. The molecule has 4 heteroatoms. The van der Waals surface area contributed by atoms with Gasteiger partial charge in [0.25, 0.3) is 5.91 Å². The Hall–Kier alpha value is -2.23. The number of hydrogen-bond donors (Lipinski definition) is 2. The van der Waals surface area contributed by atoms with E-state index < -0.39 is 0 Å². The fraction of sp³-hybridized carbons (Fsp3) is 0.312. The van der Waals surface area contributed by atoms with Crippen LogP contribution in [0.3, 0.4) is 0 Å². The molecule has 106 valence electrons. The molecule has 0 bridgehead atoms. The van der Waals surface area contributed by atoms with E-state index in [2.05, 4.69) is 10.6 Å². The van der Waals surface area contributed by atoms with Gasteiger partial charge in [0.1, 0.15) is 5.76 Å². The van der Waals surface area contributed by atoms with Crippen LogP contribution in [0.25, 0.3) is 0 Å². The highest BCUT2D eigenvalue weighted by Crippen LogP contribution is 2.18. The van der Waals surface area contributed by atoms with Crippen LogP contribution in [0.5, 0.6) is 0 Å². The van der Waals surface area contributed by atoms with Gasteiger partial charge in [-0.1, -0.05) is 0 Å². The van der Waals surface area contributed by atoms with Gasteiger partial charge in [-0.3, -0.25) is 4.79 Å². The Balaban J connectivity index is 2.06. The zero-order chi connectivity index (χ0) is 14.5. The molecule has 0 saturated heterocycles. The Kier molecular flexibility index (Phi) is 4.45. The third-order valence-electron chi connectivity index (χ3n) is 3.23. The van der Waals surface area contributed by atoms with Crippen LogP contribution in [-0.2, 0) is 6.54 Å². The highest BCUT2D eigenvalue weighted by Gasteiger charge is 2.07. The molecule has 1 heterocycles. The fourth-order valence-corrected chi connectivity index (χ4v) is 2.03. The first-order chi connectivity index (χ1) is 9.61. The quantitative estimate of drug-likeness (QED) is 0.878. The molecule has 4 nitrogen and oxygen atoms in total. The van der Waals surface area contributed by atoms with E-state index in [1.807, 2.05) is 45.0 Å². The predicted octanol–water partition coefficient (Wildman–Crippen LogP) is 3.26. The number of benzene rings is 1. The van der Waals surface area contributed by atoms with Crippen molar-refractivity contribution in [3.63, 3.8) is 0 Å². The number of amides is 1. The lowest BCUT2D eigenvalue weighted by molar-refractivity contribution is 0.0956. The molecule has 1 aromatic carbocycles. The van der Waals surface area contributed by atoms with Crippen molar-refractivity contribution >= 4 is 11.6 Å². The van der Waals surface area contributed by atoms with E-state index in [4.69, 9.17) is 4.42 Å². The highest BCUT2D eigenvalue weighted by molar-refractivity contribution is 5.94. The summed E-state index contributed by atoms with van der Waals surface area (Å²) in [7, 11) is 0. The lowest BCUT2D eigenvalue weighted by atomic mass is 10.1. The Morgan fingerprint density at radius 2 is 2.00 bits per heavy atom. The summed E-state index contributed by atoms with van der Waals surface area (Å²) in [5, 5.41) is 6.12. The van der Waals surface area contributed by atoms with Gasteiger partial charge in [0.15, 0.2) is 0 Å².